The van der Waals surface area contributed by atoms with Crippen molar-refractivity contribution in [2.45, 2.75) is 77.7 Å². The minimum atomic E-state index is 0.482. The van der Waals surface area contributed by atoms with Gasteiger partial charge in [0.25, 0.3) is 0 Å². The largest absolute Gasteiger partial charge is 0.327 e. The fourth-order valence-corrected chi connectivity index (χ4v) is 4.09. The molecule has 2 rings (SSSR count). The first-order valence-corrected chi connectivity index (χ1v) is 7.37. The van der Waals surface area contributed by atoms with E-state index in [1.54, 1.807) is 0 Å². The van der Waals surface area contributed by atoms with Gasteiger partial charge >= 0.3 is 0 Å². The normalized spacial score (nSPS) is 33.6. The second kappa shape index (κ2) is 5.08. The van der Waals surface area contributed by atoms with Gasteiger partial charge in [-0.05, 0) is 42.9 Å². The van der Waals surface area contributed by atoms with E-state index in [4.69, 9.17) is 5.73 Å². The summed E-state index contributed by atoms with van der Waals surface area (Å²) in [4.78, 5) is 0. The third-order valence-electron chi connectivity index (χ3n) is 5.25. The van der Waals surface area contributed by atoms with Gasteiger partial charge in [-0.1, -0.05) is 46.0 Å². The molecule has 2 atom stereocenters. The molecule has 0 radical (unpaired) electrons. The zero-order chi connectivity index (χ0) is 11.6. The Kier molecular flexibility index (Phi) is 3.94. The Morgan fingerprint density at radius 2 is 1.56 bits per heavy atom. The zero-order valence-corrected chi connectivity index (χ0v) is 11.2. The molecular formula is C15H29N. The maximum Gasteiger partial charge on any atom is 0.0101 e. The van der Waals surface area contributed by atoms with E-state index >= 15 is 0 Å². The second-order valence-corrected chi connectivity index (χ2v) is 6.82. The molecule has 2 N–H and O–H groups in total. The summed E-state index contributed by atoms with van der Waals surface area (Å²) >= 11 is 0. The van der Waals surface area contributed by atoms with Crippen molar-refractivity contribution in [2.24, 2.45) is 23.0 Å². The lowest BCUT2D eigenvalue weighted by molar-refractivity contribution is 0.171. The molecule has 0 bridgehead atoms. The molecular weight excluding hydrogens is 194 g/mol. The van der Waals surface area contributed by atoms with Crippen LogP contribution >= 0.6 is 0 Å². The highest BCUT2D eigenvalue weighted by atomic mass is 14.7. The van der Waals surface area contributed by atoms with E-state index in [1.165, 1.54) is 57.8 Å². The van der Waals surface area contributed by atoms with Crippen LogP contribution < -0.4 is 5.73 Å². The minimum absolute atomic E-state index is 0.482. The van der Waals surface area contributed by atoms with Crippen LogP contribution in [0.25, 0.3) is 0 Å². The summed E-state index contributed by atoms with van der Waals surface area (Å²) in [7, 11) is 0. The molecule has 16 heavy (non-hydrogen) atoms. The Morgan fingerprint density at radius 1 is 0.938 bits per heavy atom. The van der Waals surface area contributed by atoms with Crippen LogP contribution in [0.2, 0.25) is 0 Å². The van der Waals surface area contributed by atoms with E-state index < -0.39 is 0 Å². The molecule has 0 spiro atoms. The predicted octanol–water partition coefficient (Wildman–Crippen LogP) is 4.11. The Morgan fingerprint density at radius 3 is 2.06 bits per heavy atom. The Balaban J connectivity index is 1.97. The molecule has 2 aliphatic carbocycles. The monoisotopic (exact) mass is 223 g/mol. The Bertz CT molecular complexity index is 213. The van der Waals surface area contributed by atoms with E-state index in [2.05, 4.69) is 13.8 Å². The van der Waals surface area contributed by atoms with Crippen molar-refractivity contribution in [1.29, 1.82) is 0 Å². The number of rotatable bonds is 2. The van der Waals surface area contributed by atoms with Crippen molar-refractivity contribution >= 4 is 0 Å². The summed E-state index contributed by atoms with van der Waals surface area (Å²) in [6, 6.07) is 0.482. The van der Waals surface area contributed by atoms with E-state index in [0.717, 1.165) is 11.8 Å². The van der Waals surface area contributed by atoms with Crippen LogP contribution in [0.5, 0.6) is 0 Å². The summed E-state index contributed by atoms with van der Waals surface area (Å²) in [5, 5.41) is 0. The van der Waals surface area contributed by atoms with Gasteiger partial charge in [-0.15, -0.1) is 0 Å². The van der Waals surface area contributed by atoms with Gasteiger partial charge in [0, 0.05) is 6.04 Å². The van der Waals surface area contributed by atoms with Crippen molar-refractivity contribution in [2.75, 3.05) is 0 Å². The molecule has 94 valence electrons. The highest BCUT2D eigenvalue weighted by Crippen LogP contribution is 2.46. The van der Waals surface area contributed by atoms with Crippen molar-refractivity contribution in [1.82, 2.24) is 0 Å². The molecule has 2 saturated carbocycles. The molecule has 2 fully saturated rings. The maximum absolute atomic E-state index is 6.60. The van der Waals surface area contributed by atoms with Crippen molar-refractivity contribution < 1.29 is 0 Å². The highest BCUT2D eigenvalue weighted by Gasteiger charge is 2.40. The smallest absolute Gasteiger partial charge is 0.0101 e. The fraction of sp³-hybridized carbons (Fsp3) is 1.00. The third-order valence-corrected chi connectivity index (χ3v) is 5.25. The summed E-state index contributed by atoms with van der Waals surface area (Å²) < 4.78 is 0. The Hall–Kier alpha value is -0.0400. The number of hydrogen-bond acceptors (Lipinski definition) is 1. The molecule has 0 aromatic carbocycles. The third kappa shape index (κ3) is 2.61. The summed E-state index contributed by atoms with van der Waals surface area (Å²) in [5.41, 5.74) is 7.10. The molecule has 0 saturated heterocycles. The lowest BCUT2D eigenvalue weighted by atomic mass is 9.72. The van der Waals surface area contributed by atoms with Crippen LogP contribution in [0.1, 0.15) is 71.6 Å². The van der Waals surface area contributed by atoms with Gasteiger partial charge in [0.15, 0.2) is 0 Å². The standard InChI is InChI=1S/C15H29N/c1-15(2)11-7-10-13(15)14(16)12-8-5-3-4-6-9-12/h12-14H,3-11,16H2,1-2H3. The average molecular weight is 223 g/mol. The fourth-order valence-electron chi connectivity index (χ4n) is 4.09. The number of hydrogen-bond donors (Lipinski definition) is 1. The van der Waals surface area contributed by atoms with Gasteiger partial charge < -0.3 is 5.73 Å². The van der Waals surface area contributed by atoms with Gasteiger partial charge in [0.1, 0.15) is 0 Å². The molecule has 2 aliphatic rings. The van der Waals surface area contributed by atoms with Gasteiger partial charge in [0.2, 0.25) is 0 Å². The molecule has 0 amide bonds. The maximum atomic E-state index is 6.60. The number of nitrogens with two attached hydrogens (primary N) is 1. The minimum Gasteiger partial charge on any atom is -0.327 e. The van der Waals surface area contributed by atoms with Gasteiger partial charge in [-0.25, -0.2) is 0 Å². The van der Waals surface area contributed by atoms with Crippen LogP contribution in [0, 0.1) is 17.3 Å². The first-order chi connectivity index (χ1) is 7.61. The molecule has 0 aromatic rings. The van der Waals surface area contributed by atoms with Crippen LogP contribution in [0.4, 0.5) is 0 Å². The summed E-state index contributed by atoms with van der Waals surface area (Å²) in [6.45, 7) is 4.86. The quantitative estimate of drug-likeness (QED) is 0.700. The molecule has 1 heteroatoms. The van der Waals surface area contributed by atoms with E-state index in [0.29, 0.717) is 11.5 Å². The molecule has 1 nitrogen and oxygen atoms in total. The molecule has 2 unspecified atom stereocenters. The van der Waals surface area contributed by atoms with Gasteiger partial charge in [-0.3, -0.25) is 0 Å². The van der Waals surface area contributed by atoms with Crippen LogP contribution in [-0.2, 0) is 0 Å². The van der Waals surface area contributed by atoms with Crippen molar-refractivity contribution in [3.8, 4) is 0 Å². The molecule has 0 heterocycles. The predicted molar refractivity (Wildman–Crippen MR) is 70.3 cm³/mol. The highest BCUT2D eigenvalue weighted by molar-refractivity contribution is 4.93. The first-order valence-electron chi connectivity index (χ1n) is 7.37. The SMILES string of the molecule is CC1(C)CCCC1C(N)C1CCCCCC1. The summed E-state index contributed by atoms with van der Waals surface area (Å²) in [6.07, 6.45) is 12.7. The van der Waals surface area contributed by atoms with E-state index in [-0.39, 0.29) is 0 Å². The first kappa shape index (κ1) is 12.4. The molecule has 0 aromatic heterocycles. The van der Waals surface area contributed by atoms with Crippen LogP contribution in [-0.4, -0.2) is 6.04 Å². The van der Waals surface area contributed by atoms with Crippen molar-refractivity contribution in [3.05, 3.63) is 0 Å². The lowest BCUT2D eigenvalue weighted by Crippen LogP contribution is -2.42. The topological polar surface area (TPSA) is 26.0 Å². The second-order valence-electron chi connectivity index (χ2n) is 6.82. The van der Waals surface area contributed by atoms with Gasteiger partial charge in [-0.2, -0.15) is 0 Å². The zero-order valence-electron chi connectivity index (χ0n) is 11.2. The van der Waals surface area contributed by atoms with Gasteiger partial charge in [0.05, 0.1) is 0 Å². The average Bonchev–Trinajstić information content (AvgIpc) is 2.48. The van der Waals surface area contributed by atoms with Crippen molar-refractivity contribution in [3.63, 3.8) is 0 Å². The van der Waals surface area contributed by atoms with E-state index in [1.807, 2.05) is 0 Å². The Labute approximate surface area is 101 Å². The lowest BCUT2D eigenvalue weighted by Gasteiger charge is -2.36. The van der Waals surface area contributed by atoms with Crippen LogP contribution in [0.3, 0.4) is 0 Å². The van der Waals surface area contributed by atoms with Crippen LogP contribution in [0.15, 0.2) is 0 Å². The molecule has 0 aliphatic heterocycles. The van der Waals surface area contributed by atoms with E-state index in [9.17, 15) is 0 Å². The summed E-state index contributed by atoms with van der Waals surface area (Å²) in [5.74, 6) is 1.61.